The smallest absolute Gasteiger partial charge is 0.405 e. The van der Waals surface area contributed by atoms with Crippen LogP contribution in [0.3, 0.4) is 0 Å². The normalized spacial score (nSPS) is 21.2. The predicted octanol–water partition coefficient (Wildman–Crippen LogP) is 3.22. The molecule has 0 fully saturated rings. The molecule has 28 heavy (non-hydrogen) atoms. The number of thiophene rings is 1. The highest BCUT2D eigenvalue weighted by Crippen LogP contribution is 2.47. The number of carbonyl (C=O) groups excluding carboxylic acids is 1. The number of hydrogen-bond acceptors (Lipinski definition) is 7. The Kier molecular flexibility index (Phi) is 3.63. The van der Waals surface area contributed by atoms with E-state index in [1.54, 1.807) is 11.3 Å². The van der Waals surface area contributed by atoms with Crippen LogP contribution < -0.4 is 10.9 Å². The Morgan fingerprint density at radius 3 is 2.75 bits per heavy atom. The monoisotopic (exact) mass is 398 g/mol. The molecular formula is C18H14N4O5S. The van der Waals surface area contributed by atoms with Gasteiger partial charge in [-0.15, -0.1) is 11.3 Å². The number of rotatable bonds is 3. The third-order valence-corrected chi connectivity index (χ3v) is 6.23. The van der Waals surface area contributed by atoms with Gasteiger partial charge in [0, 0.05) is 28.5 Å². The Hall–Kier alpha value is -3.40. The number of carbonyl (C=O) groups is 1. The largest absolute Gasteiger partial charge is 0.433 e. The van der Waals surface area contributed by atoms with Crippen molar-refractivity contribution in [2.75, 3.05) is 5.32 Å². The van der Waals surface area contributed by atoms with Gasteiger partial charge in [0.1, 0.15) is 16.5 Å². The molecule has 10 heteroatoms. The molecule has 142 valence electrons. The van der Waals surface area contributed by atoms with Crippen molar-refractivity contribution in [3.05, 3.63) is 77.6 Å². The van der Waals surface area contributed by atoms with Gasteiger partial charge >= 0.3 is 5.88 Å². The van der Waals surface area contributed by atoms with Crippen LogP contribution in [0.2, 0.25) is 0 Å². The molecule has 1 aliphatic heterocycles. The van der Waals surface area contributed by atoms with Crippen molar-refractivity contribution in [1.29, 1.82) is 0 Å². The van der Waals surface area contributed by atoms with Crippen molar-refractivity contribution >= 4 is 28.8 Å². The minimum Gasteiger partial charge on any atom is -0.405 e. The molecule has 1 aliphatic carbocycles. The summed E-state index contributed by atoms with van der Waals surface area (Å²) in [5.74, 6) is -0.599. The maximum Gasteiger partial charge on any atom is 0.433 e. The molecule has 2 aliphatic rings. The van der Waals surface area contributed by atoms with E-state index in [-0.39, 0.29) is 17.5 Å². The maximum atomic E-state index is 13.1. The molecule has 0 spiro atoms. The average molecular weight is 398 g/mol. The first-order valence-electron chi connectivity index (χ1n) is 8.64. The number of nitrogens with zero attached hydrogens (tertiary/aromatic N) is 1. The molecule has 3 aromatic heterocycles. The first-order valence-corrected chi connectivity index (χ1v) is 9.52. The number of hydrogen-bond donors (Lipinski definition) is 3. The zero-order valence-electron chi connectivity index (χ0n) is 14.4. The SMILES string of the molecule is O=C1CC(c2cccs2)CC2=C1C(c1ccc([N+](=O)[O-])o1)c1c([nH][nH]c1=O)N2. The third-order valence-electron chi connectivity index (χ3n) is 5.20. The Bertz CT molecular complexity index is 1180. The Morgan fingerprint density at radius 1 is 1.18 bits per heavy atom. The predicted molar refractivity (Wildman–Crippen MR) is 101 cm³/mol. The van der Waals surface area contributed by atoms with Gasteiger partial charge in [-0.1, -0.05) is 6.07 Å². The van der Waals surface area contributed by atoms with E-state index in [2.05, 4.69) is 15.5 Å². The summed E-state index contributed by atoms with van der Waals surface area (Å²) in [5, 5.41) is 21.5. The number of H-pyrrole nitrogens is 2. The number of aromatic nitrogens is 2. The summed E-state index contributed by atoms with van der Waals surface area (Å²) >= 11 is 1.60. The zero-order chi connectivity index (χ0) is 19.4. The molecule has 4 heterocycles. The molecule has 2 unspecified atom stereocenters. The lowest BCUT2D eigenvalue weighted by atomic mass is 9.75. The fraction of sp³-hybridized carbons (Fsp3) is 0.222. The van der Waals surface area contributed by atoms with Gasteiger partial charge < -0.3 is 9.73 Å². The van der Waals surface area contributed by atoms with Crippen LogP contribution in [-0.2, 0) is 4.79 Å². The van der Waals surface area contributed by atoms with Crippen molar-refractivity contribution in [2.45, 2.75) is 24.7 Å². The number of furan rings is 1. The van der Waals surface area contributed by atoms with Gasteiger partial charge in [0.05, 0.1) is 17.5 Å². The quantitative estimate of drug-likeness (QED) is 0.458. The van der Waals surface area contributed by atoms with E-state index in [0.29, 0.717) is 35.5 Å². The zero-order valence-corrected chi connectivity index (χ0v) is 15.2. The van der Waals surface area contributed by atoms with Gasteiger partial charge in [-0.05, 0) is 23.9 Å². The summed E-state index contributed by atoms with van der Waals surface area (Å²) in [6.45, 7) is 0. The molecule has 9 nitrogen and oxygen atoms in total. The number of Topliss-reactive ketones (excluding diaryl/α,β-unsaturated/α-hetero) is 1. The van der Waals surface area contributed by atoms with E-state index >= 15 is 0 Å². The van der Waals surface area contributed by atoms with Crippen molar-refractivity contribution in [1.82, 2.24) is 10.2 Å². The van der Waals surface area contributed by atoms with E-state index in [9.17, 15) is 19.7 Å². The van der Waals surface area contributed by atoms with E-state index in [1.165, 1.54) is 12.1 Å². The van der Waals surface area contributed by atoms with Crippen LogP contribution in [0.25, 0.3) is 0 Å². The molecule has 0 aromatic carbocycles. The standard InChI is InChI=1S/C18H14N4O5S/c23-10-7-8(12-2-1-5-28-12)6-9-14(10)15(11-3-4-13(27-11)22(25)26)16-17(19-9)20-21-18(16)24/h1-5,8,15H,6-7H2,(H3,19,20,21,24). The Labute approximate surface area is 161 Å². The van der Waals surface area contributed by atoms with E-state index in [4.69, 9.17) is 4.42 Å². The van der Waals surface area contributed by atoms with E-state index in [1.807, 2.05) is 17.5 Å². The summed E-state index contributed by atoms with van der Waals surface area (Å²) < 4.78 is 5.38. The van der Waals surface area contributed by atoms with Crippen LogP contribution in [0, 0.1) is 10.1 Å². The average Bonchev–Trinajstić information content (AvgIpc) is 3.41. The Morgan fingerprint density at radius 2 is 2.04 bits per heavy atom. The van der Waals surface area contributed by atoms with Gasteiger partial charge in [0.25, 0.3) is 5.56 Å². The van der Waals surface area contributed by atoms with Gasteiger partial charge in [-0.3, -0.25) is 29.9 Å². The molecule has 5 rings (SSSR count). The highest BCUT2D eigenvalue weighted by molar-refractivity contribution is 7.10. The van der Waals surface area contributed by atoms with Crippen LogP contribution in [0.5, 0.6) is 0 Å². The molecule has 2 atom stereocenters. The summed E-state index contributed by atoms with van der Waals surface area (Å²) in [6, 6.07) is 6.65. The molecule has 0 saturated heterocycles. The lowest BCUT2D eigenvalue weighted by molar-refractivity contribution is -0.402. The molecule has 0 saturated carbocycles. The number of allylic oxidation sites excluding steroid dienone is 2. The maximum absolute atomic E-state index is 13.1. The minimum atomic E-state index is -0.785. The summed E-state index contributed by atoms with van der Waals surface area (Å²) in [4.78, 5) is 37.0. The van der Waals surface area contributed by atoms with Crippen LogP contribution in [0.4, 0.5) is 11.7 Å². The number of nitrogens with one attached hydrogen (secondary N) is 3. The topological polar surface area (TPSA) is 134 Å². The van der Waals surface area contributed by atoms with E-state index in [0.717, 1.165) is 4.88 Å². The first kappa shape index (κ1) is 16.8. The van der Waals surface area contributed by atoms with Crippen LogP contribution in [-0.4, -0.2) is 20.9 Å². The fourth-order valence-corrected chi connectivity index (χ4v) is 4.86. The second-order valence-electron chi connectivity index (χ2n) is 6.79. The Balaban J connectivity index is 1.65. The number of anilines is 1. The molecule has 0 amide bonds. The second-order valence-corrected chi connectivity index (χ2v) is 7.77. The van der Waals surface area contributed by atoms with Crippen molar-refractivity contribution in [3.8, 4) is 0 Å². The number of aromatic amines is 2. The van der Waals surface area contributed by atoms with Crippen LogP contribution in [0.15, 0.2) is 50.1 Å². The molecule has 0 radical (unpaired) electrons. The molecular weight excluding hydrogens is 384 g/mol. The third kappa shape index (κ3) is 2.45. The molecule has 0 bridgehead atoms. The van der Waals surface area contributed by atoms with Crippen molar-refractivity contribution in [2.24, 2.45) is 0 Å². The molecule has 3 aromatic rings. The molecule has 3 N–H and O–H groups in total. The van der Waals surface area contributed by atoms with Crippen LogP contribution >= 0.6 is 11.3 Å². The lowest BCUT2D eigenvalue weighted by Crippen LogP contribution is -2.31. The second kappa shape index (κ2) is 6.06. The highest BCUT2D eigenvalue weighted by Gasteiger charge is 2.42. The number of ketones is 1. The summed E-state index contributed by atoms with van der Waals surface area (Å²) in [5.41, 5.74) is 1.05. The first-order chi connectivity index (χ1) is 13.5. The summed E-state index contributed by atoms with van der Waals surface area (Å²) in [7, 11) is 0. The van der Waals surface area contributed by atoms with E-state index < -0.39 is 22.3 Å². The number of fused-ring (bicyclic) bond motifs is 1. The summed E-state index contributed by atoms with van der Waals surface area (Å²) in [6.07, 6.45) is 0.922. The van der Waals surface area contributed by atoms with Gasteiger partial charge in [0.15, 0.2) is 5.78 Å². The van der Waals surface area contributed by atoms with Gasteiger partial charge in [0.2, 0.25) is 0 Å². The van der Waals surface area contributed by atoms with Crippen LogP contribution in [0.1, 0.15) is 40.9 Å². The highest BCUT2D eigenvalue weighted by atomic mass is 32.1. The number of nitro groups is 1. The van der Waals surface area contributed by atoms with Crippen molar-refractivity contribution in [3.63, 3.8) is 0 Å². The fourth-order valence-electron chi connectivity index (χ4n) is 4.03. The van der Waals surface area contributed by atoms with Gasteiger partial charge in [-0.2, -0.15) is 0 Å². The van der Waals surface area contributed by atoms with Gasteiger partial charge in [-0.25, -0.2) is 0 Å². The lowest BCUT2D eigenvalue weighted by Gasteiger charge is -2.33. The minimum absolute atomic E-state index is 0.0533. The van der Waals surface area contributed by atoms with Crippen molar-refractivity contribution < 1.29 is 14.1 Å².